The van der Waals surface area contributed by atoms with Gasteiger partial charge in [-0.25, -0.2) is 0 Å². The maximum absolute atomic E-state index is 11.7. The Morgan fingerprint density at radius 1 is 1.36 bits per heavy atom. The fourth-order valence-corrected chi connectivity index (χ4v) is 1.32. The van der Waals surface area contributed by atoms with Crippen LogP contribution in [0.2, 0.25) is 0 Å². The summed E-state index contributed by atoms with van der Waals surface area (Å²) < 4.78 is 0. The predicted octanol–water partition coefficient (Wildman–Crippen LogP) is 1.65. The Morgan fingerprint density at radius 3 is 2.43 bits per heavy atom. The van der Waals surface area contributed by atoms with Crippen molar-refractivity contribution in [1.29, 1.82) is 0 Å². The molecule has 0 aliphatic rings. The molecule has 0 aliphatic heterocycles. The Labute approximate surface area is 87.1 Å². The van der Waals surface area contributed by atoms with Crippen molar-refractivity contribution >= 4 is 5.91 Å². The van der Waals surface area contributed by atoms with Gasteiger partial charge in [0.25, 0.3) is 0 Å². The van der Waals surface area contributed by atoms with E-state index in [1.807, 2.05) is 6.92 Å². The lowest BCUT2D eigenvalue weighted by Crippen LogP contribution is -2.35. The average molecular weight is 201 g/mol. The van der Waals surface area contributed by atoms with E-state index in [-0.39, 0.29) is 12.5 Å². The van der Waals surface area contributed by atoms with Gasteiger partial charge in [-0.15, -0.1) is 0 Å². The summed E-state index contributed by atoms with van der Waals surface area (Å²) >= 11 is 0. The molecule has 3 nitrogen and oxygen atoms in total. The molecule has 1 N–H and O–H groups in total. The van der Waals surface area contributed by atoms with Gasteiger partial charge in [-0.3, -0.25) is 4.79 Å². The SMILES string of the molecule is CCCN(CCO)C(=O)CC(C)CC. The molecule has 0 aromatic carbocycles. The quantitative estimate of drug-likeness (QED) is 0.680. The molecule has 3 heteroatoms. The second-order valence-electron chi connectivity index (χ2n) is 3.82. The molecule has 14 heavy (non-hydrogen) atoms. The molecule has 84 valence electrons. The number of nitrogens with zero attached hydrogens (tertiary/aromatic N) is 1. The highest BCUT2D eigenvalue weighted by molar-refractivity contribution is 5.76. The first kappa shape index (κ1) is 13.4. The third kappa shape index (κ3) is 5.22. The van der Waals surface area contributed by atoms with E-state index in [1.54, 1.807) is 4.90 Å². The number of rotatable bonds is 7. The lowest BCUT2D eigenvalue weighted by Gasteiger charge is -2.22. The zero-order chi connectivity index (χ0) is 11.0. The van der Waals surface area contributed by atoms with Crippen LogP contribution in [0.15, 0.2) is 0 Å². The molecular weight excluding hydrogens is 178 g/mol. The molecule has 0 spiro atoms. The molecule has 0 rings (SSSR count). The number of aliphatic hydroxyl groups excluding tert-OH is 1. The van der Waals surface area contributed by atoms with Gasteiger partial charge in [0, 0.05) is 19.5 Å². The zero-order valence-corrected chi connectivity index (χ0v) is 9.62. The fraction of sp³-hybridized carbons (Fsp3) is 0.909. The summed E-state index contributed by atoms with van der Waals surface area (Å²) in [4.78, 5) is 13.5. The summed E-state index contributed by atoms with van der Waals surface area (Å²) in [6.45, 7) is 7.52. The number of carbonyl (C=O) groups excluding carboxylic acids is 1. The second kappa shape index (κ2) is 7.80. The van der Waals surface area contributed by atoms with E-state index in [1.165, 1.54) is 0 Å². The predicted molar refractivity (Wildman–Crippen MR) is 58.0 cm³/mol. The number of hydrogen-bond donors (Lipinski definition) is 1. The Hall–Kier alpha value is -0.570. The Bertz CT molecular complexity index is 153. The van der Waals surface area contributed by atoms with Crippen LogP contribution in [0, 0.1) is 5.92 Å². The Morgan fingerprint density at radius 2 is 2.00 bits per heavy atom. The van der Waals surface area contributed by atoms with Crippen LogP contribution in [0.1, 0.15) is 40.0 Å². The average Bonchev–Trinajstić information content (AvgIpc) is 2.17. The van der Waals surface area contributed by atoms with Crippen molar-refractivity contribution in [1.82, 2.24) is 4.90 Å². The normalized spacial score (nSPS) is 12.6. The summed E-state index contributed by atoms with van der Waals surface area (Å²) in [5.41, 5.74) is 0. The smallest absolute Gasteiger partial charge is 0.222 e. The molecular formula is C11H23NO2. The topological polar surface area (TPSA) is 40.5 Å². The van der Waals surface area contributed by atoms with Crippen molar-refractivity contribution in [2.75, 3.05) is 19.7 Å². The first-order valence-corrected chi connectivity index (χ1v) is 5.54. The van der Waals surface area contributed by atoms with Crippen molar-refractivity contribution in [2.24, 2.45) is 5.92 Å². The molecule has 0 saturated carbocycles. The van der Waals surface area contributed by atoms with Gasteiger partial charge in [-0.2, -0.15) is 0 Å². The van der Waals surface area contributed by atoms with Gasteiger partial charge in [0.05, 0.1) is 6.61 Å². The highest BCUT2D eigenvalue weighted by atomic mass is 16.3. The van der Waals surface area contributed by atoms with Crippen LogP contribution in [0.4, 0.5) is 0 Å². The van der Waals surface area contributed by atoms with Crippen LogP contribution in [0.5, 0.6) is 0 Å². The van der Waals surface area contributed by atoms with Crippen molar-refractivity contribution in [2.45, 2.75) is 40.0 Å². The zero-order valence-electron chi connectivity index (χ0n) is 9.62. The molecule has 1 amide bonds. The van der Waals surface area contributed by atoms with E-state index in [0.29, 0.717) is 18.9 Å². The van der Waals surface area contributed by atoms with Gasteiger partial charge in [0.15, 0.2) is 0 Å². The van der Waals surface area contributed by atoms with E-state index in [2.05, 4.69) is 13.8 Å². The van der Waals surface area contributed by atoms with Crippen LogP contribution in [0.3, 0.4) is 0 Å². The maximum Gasteiger partial charge on any atom is 0.222 e. The molecule has 0 aromatic heterocycles. The van der Waals surface area contributed by atoms with Crippen LogP contribution in [0.25, 0.3) is 0 Å². The highest BCUT2D eigenvalue weighted by Gasteiger charge is 2.14. The van der Waals surface area contributed by atoms with Gasteiger partial charge in [0.1, 0.15) is 0 Å². The monoisotopic (exact) mass is 201 g/mol. The molecule has 0 heterocycles. The van der Waals surface area contributed by atoms with Crippen LogP contribution < -0.4 is 0 Å². The minimum absolute atomic E-state index is 0.0618. The largest absolute Gasteiger partial charge is 0.395 e. The van der Waals surface area contributed by atoms with Gasteiger partial charge in [-0.1, -0.05) is 27.2 Å². The van der Waals surface area contributed by atoms with Gasteiger partial charge >= 0.3 is 0 Å². The van der Waals surface area contributed by atoms with Crippen molar-refractivity contribution in [3.05, 3.63) is 0 Å². The molecule has 1 atom stereocenters. The van der Waals surface area contributed by atoms with Gasteiger partial charge < -0.3 is 10.0 Å². The number of aliphatic hydroxyl groups is 1. The van der Waals surface area contributed by atoms with Gasteiger partial charge in [0.2, 0.25) is 5.91 Å². The summed E-state index contributed by atoms with van der Waals surface area (Å²) in [6, 6.07) is 0. The Kier molecular flexibility index (Phi) is 7.48. The first-order chi connectivity index (χ1) is 6.65. The van der Waals surface area contributed by atoms with Crippen LogP contribution in [-0.4, -0.2) is 35.6 Å². The highest BCUT2D eigenvalue weighted by Crippen LogP contribution is 2.09. The Balaban J connectivity index is 4.00. The van der Waals surface area contributed by atoms with E-state index in [4.69, 9.17) is 5.11 Å². The molecule has 0 fully saturated rings. The molecule has 0 aliphatic carbocycles. The van der Waals surface area contributed by atoms with E-state index < -0.39 is 0 Å². The van der Waals surface area contributed by atoms with Crippen LogP contribution in [-0.2, 0) is 4.79 Å². The fourth-order valence-electron chi connectivity index (χ4n) is 1.32. The van der Waals surface area contributed by atoms with E-state index in [0.717, 1.165) is 19.4 Å². The summed E-state index contributed by atoms with van der Waals surface area (Å²) in [6.07, 6.45) is 2.59. The maximum atomic E-state index is 11.7. The van der Waals surface area contributed by atoms with Crippen molar-refractivity contribution in [3.63, 3.8) is 0 Å². The second-order valence-corrected chi connectivity index (χ2v) is 3.82. The number of amides is 1. The summed E-state index contributed by atoms with van der Waals surface area (Å²) in [5.74, 6) is 0.621. The minimum atomic E-state index is 0.0618. The minimum Gasteiger partial charge on any atom is -0.395 e. The lowest BCUT2D eigenvalue weighted by atomic mass is 10.0. The molecule has 0 saturated heterocycles. The third-order valence-corrected chi connectivity index (χ3v) is 2.44. The standard InChI is InChI=1S/C11H23NO2/c1-4-6-12(7-8-13)11(14)9-10(3)5-2/h10,13H,4-9H2,1-3H3. The third-order valence-electron chi connectivity index (χ3n) is 2.44. The molecule has 1 unspecified atom stereocenters. The van der Waals surface area contributed by atoms with Crippen molar-refractivity contribution < 1.29 is 9.90 Å². The van der Waals surface area contributed by atoms with Gasteiger partial charge in [-0.05, 0) is 12.3 Å². The summed E-state index contributed by atoms with van der Waals surface area (Å²) in [5, 5.41) is 8.81. The lowest BCUT2D eigenvalue weighted by molar-refractivity contribution is -0.132. The van der Waals surface area contributed by atoms with Crippen molar-refractivity contribution in [3.8, 4) is 0 Å². The van der Waals surface area contributed by atoms with E-state index >= 15 is 0 Å². The molecule has 0 radical (unpaired) electrons. The molecule has 0 aromatic rings. The number of hydrogen-bond acceptors (Lipinski definition) is 2. The number of carbonyl (C=O) groups is 1. The van der Waals surface area contributed by atoms with E-state index in [9.17, 15) is 4.79 Å². The summed E-state index contributed by atoms with van der Waals surface area (Å²) in [7, 11) is 0. The van der Waals surface area contributed by atoms with Crippen LogP contribution >= 0.6 is 0 Å². The first-order valence-electron chi connectivity index (χ1n) is 5.54. The molecule has 0 bridgehead atoms.